The molecule has 6 heteroatoms. The number of carbonyl (C=O) groups excluding carboxylic acids is 1. The summed E-state index contributed by atoms with van der Waals surface area (Å²) in [6.07, 6.45) is 1.09. The van der Waals surface area contributed by atoms with Crippen LogP contribution >= 0.6 is 11.3 Å². The number of piperazine rings is 1. The van der Waals surface area contributed by atoms with Gasteiger partial charge in [-0.3, -0.25) is 9.79 Å². The molecular weight excluding hydrogens is 284 g/mol. The van der Waals surface area contributed by atoms with Crippen LogP contribution in [0.3, 0.4) is 0 Å². The molecule has 0 unspecified atom stereocenters. The quantitative estimate of drug-likeness (QED) is 0.681. The molecule has 0 saturated carbocycles. The Morgan fingerprint density at radius 3 is 2.38 bits per heavy atom. The molecule has 1 fully saturated rings. The van der Waals surface area contributed by atoms with E-state index in [1.807, 2.05) is 23.3 Å². The number of carbonyl (C=O) groups is 1. The highest BCUT2D eigenvalue weighted by Crippen LogP contribution is 2.16. The van der Waals surface area contributed by atoms with Crippen molar-refractivity contribution < 1.29 is 4.79 Å². The number of guanidine groups is 1. The van der Waals surface area contributed by atoms with Gasteiger partial charge in [-0.15, -0.1) is 11.3 Å². The van der Waals surface area contributed by atoms with Crippen molar-refractivity contribution in [2.75, 3.05) is 33.2 Å². The van der Waals surface area contributed by atoms with Crippen molar-refractivity contribution in [2.45, 2.75) is 26.8 Å². The summed E-state index contributed by atoms with van der Waals surface area (Å²) in [7, 11) is 1.81. The van der Waals surface area contributed by atoms with Crippen LogP contribution in [0.4, 0.5) is 0 Å². The first-order valence-electron chi connectivity index (χ1n) is 7.42. The highest BCUT2D eigenvalue weighted by molar-refractivity contribution is 7.11. The van der Waals surface area contributed by atoms with Gasteiger partial charge in [0.2, 0.25) is 5.91 Å². The van der Waals surface area contributed by atoms with Crippen LogP contribution in [0.5, 0.6) is 0 Å². The maximum Gasteiger partial charge on any atom is 0.219 e. The zero-order chi connectivity index (χ0) is 15.2. The van der Waals surface area contributed by atoms with E-state index in [2.05, 4.69) is 34.3 Å². The smallest absolute Gasteiger partial charge is 0.219 e. The van der Waals surface area contributed by atoms with Crippen molar-refractivity contribution >= 4 is 23.2 Å². The number of aliphatic imine (C=N–C) groups is 1. The Balaban J connectivity index is 1.85. The number of thiophene rings is 1. The first-order chi connectivity index (χ1) is 10.1. The molecule has 0 spiro atoms. The Labute approximate surface area is 130 Å². The fourth-order valence-corrected chi connectivity index (χ4v) is 3.34. The lowest BCUT2D eigenvalue weighted by atomic mass is 10.3. The van der Waals surface area contributed by atoms with Gasteiger partial charge in [0.05, 0.1) is 6.54 Å². The van der Waals surface area contributed by atoms with Gasteiger partial charge >= 0.3 is 0 Å². The van der Waals surface area contributed by atoms with Crippen molar-refractivity contribution in [3.8, 4) is 0 Å². The average Bonchev–Trinajstić information content (AvgIpc) is 2.96. The van der Waals surface area contributed by atoms with E-state index in [1.54, 1.807) is 6.92 Å². The van der Waals surface area contributed by atoms with E-state index in [0.717, 1.165) is 45.1 Å². The van der Waals surface area contributed by atoms with Gasteiger partial charge in [-0.05, 0) is 18.6 Å². The maximum atomic E-state index is 11.3. The number of aryl methyl sites for hydroxylation is 1. The van der Waals surface area contributed by atoms with Crippen LogP contribution in [0.1, 0.15) is 23.6 Å². The van der Waals surface area contributed by atoms with Crippen LogP contribution in [0.25, 0.3) is 0 Å². The molecule has 1 N–H and O–H groups in total. The van der Waals surface area contributed by atoms with E-state index < -0.39 is 0 Å². The molecule has 1 aromatic heterocycles. The van der Waals surface area contributed by atoms with Crippen LogP contribution in [0.2, 0.25) is 0 Å². The monoisotopic (exact) mass is 308 g/mol. The molecule has 1 aromatic rings. The second-order valence-electron chi connectivity index (χ2n) is 5.12. The van der Waals surface area contributed by atoms with Gasteiger partial charge in [0.25, 0.3) is 0 Å². The maximum absolute atomic E-state index is 11.3. The molecule has 1 aliphatic rings. The number of nitrogens with one attached hydrogen (secondary N) is 1. The lowest BCUT2D eigenvalue weighted by molar-refractivity contribution is -0.130. The predicted molar refractivity (Wildman–Crippen MR) is 87.7 cm³/mol. The Morgan fingerprint density at radius 2 is 1.86 bits per heavy atom. The minimum absolute atomic E-state index is 0.156. The second-order valence-corrected chi connectivity index (χ2v) is 6.37. The molecule has 5 nitrogen and oxygen atoms in total. The predicted octanol–water partition coefficient (Wildman–Crippen LogP) is 1.55. The molecule has 0 radical (unpaired) electrons. The minimum atomic E-state index is 0.156. The van der Waals surface area contributed by atoms with Gasteiger partial charge < -0.3 is 15.1 Å². The third kappa shape index (κ3) is 4.20. The van der Waals surface area contributed by atoms with Crippen molar-refractivity contribution in [2.24, 2.45) is 4.99 Å². The second kappa shape index (κ2) is 7.45. The lowest BCUT2D eigenvalue weighted by Gasteiger charge is -2.36. The molecule has 1 aliphatic heterocycles. The third-order valence-corrected chi connectivity index (χ3v) is 4.95. The number of hydrogen-bond donors (Lipinski definition) is 1. The van der Waals surface area contributed by atoms with Crippen molar-refractivity contribution in [3.05, 3.63) is 21.9 Å². The summed E-state index contributed by atoms with van der Waals surface area (Å²) in [4.78, 5) is 22.5. The summed E-state index contributed by atoms with van der Waals surface area (Å²) in [5.74, 6) is 1.08. The Bertz CT molecular complexity index is 504. The summed E-state index contributed by atoms with van der Waals surface area (Å²) in [6.45, 7) is 7.84. The largest absolute Gasteiger partial charge is 0.351 e. The fourth-order valence-electron chi connectivity index (χ4n) is 2.44. The van der Waals surface area contributed by atoms with Gasteiger partial charge in [0, 0.05) is 49.9 Å². The van der Waals surface area contributed by atoms with Gasteiger partial charge in [0.15, 0.2) is 5.96 Å². The van der Waals surface area contributed by atoms with E-state index >= 15 is 0 Å². The average molecular weight is 308 g/mol. The molecule has 1 amide bonds. The van der Waals surface area contributed by atoms with Gasteiger partial charge in [0.1, 0.15) is 0 Å². The van der Waals surface area contributed by atoms with Crippen LogP contribution in [0, 0.1) is 0 Å². The molecule has 0 aliphatic carbocycles. The summed E-state index contributed by atoms with van der Waals surface area (Å²) < 4.78 is 0. The molecule has 2 heterocycles. The summed E-state index contributed by atoms with van der Waals surface area (Å²) in [6, 6.07) is 4.37. The van der Waals surface area contributed by atoms with Crippen LogP contribution < -0.4 is 5.32 Å². The number of amides is 1. The van der Waals surface area contributed by atoms with E-state index in [9.17, 15) is 4.79 Å². The lowest BCUT2D eigenvalue weighted by Crippen LogP contribution is -2.53. The van der Waals surface area contributed by atoms with Crippen LogP contribution in [-0.2, 0) is 17.8 Å². The van der Waals surface area contributed by atoms with Gasteiger partial charge in [-0.25, -0.2) is 0 Å². The van der Waals surface area contributed by atoms with Gasteiger partial charge in [-0.1, -0.05) is 6.92 Å². The van der Waals surface area contributed by atoms with E-state index in [4.69, 9.17) is 0 Å². The fraction of sp³-hybridized carbons (Fsp3) is 0.600. The first kappa shape index (κ1) is 15.8. The molecule has 0 bridgehead atoms. The molecule has 21 heavy (non-hydrogen) atoms. The SMILES string of the molecule is CCc1ccc(CNC(=NC)N2CCN(C(C)=O)CC2)s1. The third-order valence-electron chi connectivity index (χ3n) is 3.72. The van der Waals surface area contributed by atoms with Crippen molar-refractivity contribution in [3.63, 3.8) is 0 Å². The van der Waals surface area contributed by atoms with E-state index in [0.29, 0.717) is 0 Å². The number of nitrogens with zero attached hydrogens (tertiary/aromatic N) is 3. The normalized spacial score (nSPS) is 16.2. The molecule has 1 saturated heterocycles. The van der Waals surface area contributed by atoms with Gasteiger partial charge in [-0.2, -0.15) is 0 Å². The highest BCUT2D eigenvalue weighted by atomic mass is 32.1. The summed E-state index contributed by atoms with van der Waals surface area (Å²) in [5, 5.41) is 3.42. The Morgan fingerprint density at radius 1 is 1.24 bits per heavy atom. The number of hydrogen-bond acceptors (Lipinski definition) is 3. The number of rotatable bonds is 3. The van der Waals surface area contributed by atoms with Crippen molar-refractivity contribution in [1.82, 2.24) is 15.1 Å². The topological polar surface area (TPSA) is 47.9 Å². The molecule has 116 valence electrons. The van der Waals surface area contributed by atoms with Crippen LogP contribution in [-0.4, -0.2) is 54.9 Å². The molecule has 0 atom stereocenters. The molecule has 0 aromatic carbocycles. The first-order valence-corrected chi connectivity index (χ1v) is 8.24. The van der Waals surface area contributed by atoms with Crippen LogP contribution in [0.15, 0.2) is 17.1 Å². The highest BCUT2D eigenvalue weighted by Gasteiger charge is 2.20. The zero-order valence-corrected chi connectivity index (χ0v) is 13.9. The summed E-state index contributed by atoms with van der Waals surface area (Å²) >= 11 is 1.85. The molecule has 2 rings (SSSR count). The zero-order valence-electron chi connectivity index (χ0n) is 13.1. The standard InChI is InChI=1S/C15H24N4OS/c1-4-13-5-6-14(21-13)11-17-15(16-3)19-9-7-18(8-10-19)12(2)20/h5-6H,4,7-11H2,1-3H3,(H,16,17). The molecular formula is C15H24N4OS. The van der Waals surface area contributed by atoms with E-state index in [1.165, 1.54) is 9.75 Å². The Hall–Kier alpha value is -1.56. The summed E-state index contributed by atoms with van der Waals surface area (Å²) in [5.41, 5.74) is 0. The minimum Gasteiger partial charge on any atom is -0.351 e. The van der Waals surface area contributed by atoms with E-state index in [-0.39, 0.29) is 5.91 Å². The Kier molecular flexibility index (Phi) is 5.61. The van der Waals surface area contributed by atoms with Crippen molar-refractivity contribution in [1.29, 1.82) is 0 Å².